The molecular weight excluding hydrogens is 360 g/mol. The molecule has 27 heavy (non-hydrogen) atoms. The summed E-state index contributed by atoms with van der Waals surface area (Å²) in [4.78, 5) is 22.8. The fraction of sp³-hybridized carbons (Fsp3) is 0.444. The summed E-state index contributed by atoms with van der Waals surface area (Å²) in [5.74, 6) is -4.34. The maximum absolute atomic E-state index is 13.7. The molecule has 1 aromatic carbocycles. The number of benzene rings is 1. The van der Waals surface area contributed by atoms with Crippen molar-refractivity contribution >= 4 is 11.9 Å². The Morgan fingerprint density at radius 1 is 1.19 bits per heavy atom. The number of halogens is 2. The summed E-state index contributed by atoms with van der Waals surface area (Å²) < 4.78 is 26.9. The van der Waals surface area contributed by atoms with E-state index in [0.717, 1.165) is 12.3 Å². The average Bonchev–Trinajstić information content (AvgIpc) is 2.59. The molecule has 6 N–H and O–H groups in total. The van der Waals surface area contributed by atoms with Crippen LogP contribution >= 0.6 is 0 Å². The Morgan fingerprint density at radius 2 is 1.81 bits per heavy atom. The van der Waals surface area contributed by atoms with E-state index in [-0.39, 0.29) is 36.6 Å². The van der Waals surface area contributed by atoms with Gasteiger partial charge in [-0.3, -0.25) is 14.9 Å². The lowest BCUT2D eigenvalue weighted by atomic mass is 10.0. The van der Waals surface area contributed by atoms with E-state index < -0.39 is 35.7 Å². The third-order valence-corrected chi connectivity index (χ3v) is 3.87. The molecule has 0 radical (unpaired) electrons. The van der Waals surface area contributed by atoms with E-state index in [2.05, 4.69) is 10.6 Å². The van der Waals surface area contributed by atoms with Crippen molar-refractivity contribution in [2.75, 3.05) is 0 Å². The Labute approximate surface area is 156 Å². The van der Waals surface area contributed by atoms with Crippen molar-refractivity contribution < 1.29 is 28.6 Å². The Bertz CT molecular complexity index is 695. The van der Waals surface area contributed by atoms with E-state index in [9.17, 15) is 28.6 Å². The molecule has 1 aromatic rings. The number of hydrogen-bond acceptors (Lipinski definition) is 5. The topological polar surface area (TPSA) is 125 Å². The molecule has 0 spiro atoms. The summed E-state index contributed by atoms with van der Waals surface area (Å²) >= 11 is 0. The molecule has 2 atom stereocenters. The highest BCUT2D eigenvalue weighted by atomic mass is 19.2. The van der Waals surface area contributed by atoms with Gasteiger partial charge in [0.05, 0.1) is 0 Å². The first-order valence-electron chi connectivity index (χ1n) is 8.44. The molecule has 0 aliphatic carbocycles. The van der Waals surface area contributed by atoms with E-state index in [1.807, 2.05) is 13.8 Å². The second-order valence-electron chi connectivity index (χ2n) is 6.54. The number of carboxylic acids is 2. The summed E-state index contributed by atoms with van der Waals surface area (Å²) in [5.41, 5.74) is 5.81. The quantitative estimate of drug-likeness (QED) is 0.393. The van der Waals surface area contributed by atoms with Crippen LogP contribution in [0, 0.1) is 17.6 Å². The fourth-order valence-electron chi connectivity index (χ4n) is 2.48. The van der Waals surface area contributed by atoms with E-state index in [1.165, 1.54) is 12.1 Å². The van der Waals surface area contributed by atoms with Gasteiger partial charge in [-0.1, -0.05) is 26.0 Å². The first-order valence-corrected chi connectivity index (χ1v) is 8.44. The standard InChI is InChI=1S/C18H25F2N3O4/c1-10(2)6-14(17(24)25)23-15(18(26)27)7-12(8-21)22-9-11-4-3-5-13(19)16(11)20/h3-5,8,10,14-15,22-23H,6-7,9,21H2,1-2H3,(H,24,25)(H,26,27)/b12-8-/t14?,15-/m0/s1. The van der Waals surface area contributed by atoms with Crippen LogP contribution in [0.2, 0.25) is 0 Å². The number of nitrogens with one attached hydrogen (secondary N) is 2. The highest BCUT2D eigenvalue weighted by Crippen LogP contribution is 2.13. The van der Waals surface area contributed by atoms with Gasteiger partial charge < -0.3 is 21.3 Å². The first kappa shape index (κ1) is 22.4. The lowest BCUT2D eigenvalue weighted by Crippen LogP contribution is -2.48. The van der Waals surface area contributed by atoms with Crippen LogP contribution in [0.5, 0.6) is 0 Å². The number of nitrogens with two attached hydrogens (primary N) is 1. The van der Waals surface area contributed by atoms with Gasteiger partial charge >= 0.3 is 11.9 Å². The maximum atomic E-state index is 13.7. The Kier molecular flexibility index (Phi) is 8.67. The molecule has 1 rings (SSSR count). The first-order chi connectivity index (χ1) is 12.6. The van der Waals surface area contributed by atoms with Gasteiger partial charge in [0.2, 0.25) is 0 Å². The summed E-state index contributed by atoms with van der Waals surface area (Å²) in [7, 11) is 0. The number of hydrogen-bond donors (Lipinski definition) is 5. The minimum absolute atomic E-state index is 0.0478. The Morgan fingerprint density at radius 3 is 2.33 bits per heavy atom. The van der Waals surface area contributed by atoms with Crippen molar-refractivity contribution in [1.29, 1.82) is 0 Å². The van der Waals surface area contributed by atoms with Crippen molar-refractivity contribution in [3.63, 3.8) is 0 Å². The molecule has 150 valence electrons. The monoisotopic (exact) mass is 385 g/mol. The van der Waals surface area contributed by atoms with Gasteiger partial charge in [-0.2, -0.15) is 0 Å². The van der Waals surface area contributed by atoms with Gasteiger partial charge in [0.15, 0.2) is 11.6 Å². The molecule has 0 bridgehead atoms. The van der Waals surface area contributed by atoms with Crippen LogP contribution in [0.25, 0.3) is 0 Å². The summed E-state index contributed by atoms with van der Waals surface area (Å²) in [6.07, 6.45) is 1.22. The van der Waals surface area contributed by atoms with Gasteiger partial charge in [-0.25, -0.2) is 8.78 Å². The van der Waals surface area contributed by atoms with E-state index in [0.29, 0.717) is 0 Å². The molecule has 0 aliphatic heterocycles. The number of carbonyl (C=O) groups is 2. The third kappa shape index (κ3) is 7.22. The Balaban J connectivity index is 2.79. The SMILES string of the molecule is CC(C)CC(N[C@@H](C/C(=C/N)NCc1cccc(F)c1F)C(=O)O)C(=O)O. The predicted molar refractivity (Wildman–Crippen MR) is 95.5 cm³/mol. The van der Waals surface area contributed by atoms with Crippen LogP contribution < -0.4 is 16.4 Å². The third-order valence-electron chi connectivity index (χ3n) is 3.87. The van der Waals surface area contributed by atoms with Crippen LogP contribution in [0.15, 0.2) is 30.1 Å². The zero-order chi connectivity index (χ0) is 20.6. The zero-order valence-electron chi connectivity index (χ0n) is 15.2. The fourth-order valence-corrected chi connectivity index (χ4v) is 2.48. The van der Waals surface area contributed by atoms with Crippen molar-refractivity contribution in [3.05, 3.63) is 47.3 Å². The van der Waals surface area contributed by atoms with Crippen molar-refractivity contribution in [2.45, 2.75) is 45.3 Å². The normalized spacial score (nSPS) is 14.0. The largest absolute Gasteiger partial charge is 0.480 e. The average molecular weight is 385 g/mol. The molecule has 0 saturated heterocycles. The summed E-state index contributed by atoms with van der Waals surface area (Å²) in [5, 5.41) is 24.0. The second kappa shape index (κ2) is 10.5. The lowest BCUT2D eigenvalue weighted by Gasteiger charge is -2.23. The molecular formula is C18H25F2N3O4. The van der Waals surface area contributed by atoms with Crippen LogP contribution in [0.4, 0.5) is 8.78 Å². The molecule has 1 unspecified atom stereocenters. The number of carboxylic acid groups (broad SMARTS) is 2. The summed E-state index contributed by atoms with van der Waals surface area (Å²) in [6, 6.07) is 1.47. The highest BCUT2D eigenvalue weighted by molar-refractivity contribution is 5.77. The Hall–Kier alpha value is -2.68. The van der Waals surface area contributed by atoms with E-state index >= 15 is 0 Å². The predicted octanol–water partition coefficient (Wildman–Crippen LogP) is 1.79. The van der Waals surface area contributed by atoms with Crippen molar-refractivity contribution in [1.82, 2.24) is 10.6 Å². The molecule has 0 aromatic heterocycles. The van der Waals surface area contributed by atoms with Crippen LogP contribution in [-0.4, -0.2) is 34.2 Å². The van der Waals surface area contributed by atoms with Gasteiger partial charge in [0.25, 0.3) is 0 Å². The van der Waals surface area contributed by atoms with Crippen LogP contribution in [-0.2, 0) is 16.1 Å². The van der Waals surface area contributed by atoms with Crippen LogP contribution in [0.1, 0.15) is 32.3 Å². The van der Waals surface area contributed by atoms with E-state index in [4.69, 9.17) is 5.73 Å². The van der Waals surface area contributed by atoms with Gasteiger partial charge in [0.1, 0.15) is 12.1 Å². The minimum Gasteiger partial charge on any atom is -0.480 e. The minimum atomic E-state index is -1.25. The molecule has 9 heteroatoms. The molecule has 7 nitrogen and oxygen atoms in total. The van der Waals surface area contributed by atoms with Crippen molar-refractivity contribution in [2.24, 2.45) is 11.7 Å². The molecule has 0 saturated carbocycles. The molecule has 0 amide bonds. The van der Waals surface area contributed by atoms with Crippen LogP contribution in [0.3, 0.4) is 0 Å². The summed E-state index contributed by atoms with van der Waals surface area (Å²) in [6.45, 7) is 3.55. The van der Waals surface area contributed by atoms with Gasteiger partial charge in [0, 0.05) is 30.4 Å². The lowest BCUT2D eigenvalue weighted by molar-refractivity contribution is -0.142. The number of aliphatic carboxylic acids is 2. The zero-order valence-corrected chi connectivity index (χ0v) is 15.2. The molecule has 0 aliphatic rings. The van der Waals surface area contributed by atoms with Gasteiger partial charge in [-0.05, 0) is 18.4 Å². The highest BCUT2D eigenvalue weighted by Gasteiger charge is 2.27. The smallest absolute Gasteiger partial charge is 0.321 e. The van der Waals surface area contributed by atoms with Gasteiger partial charge in [-0.15, -0.1) is 0 Å². The second-order valence-corrected chi connectivity index (χ2v) is 6.54. The van der Waals surface area contributed by atoms with E-state index in [1.54, 1.807) is 0 Å². The molecule has 0 heterocycles. The molecule has 0 fully saturated rings. The maximum Gasteiger partial charge on any atom is 0.321 e. The number of rotatable bonds is 11. The van der Waals surface area contributed by atoms with Crippen molar-refractivity contribution in [3.8, 4) is 0 Å².